The summed E-state index contributed by atoms with van der Waals surface area (Å²) in [6.07, 6.45) is 3.13. The number of amides is 1. The molecule has 6 heteroatoms. The topological polar surface area (TPSA) is 60.4 Å². The van der Waals surface area contributed by atoms with Crippen molar-refractivity contribution in [2.75, 3.05) is 14.2 Å². The fraction of sp³-hybridized carbons (Fsp3) is 0.579. The molecule has 0 aromatic heterocycles. The first-order chi connectivity index (χ1) is 12.0. The molecule has 0 bridgehead atoms. The van der Waals surface area contributed by atoms with Crippen molar-refractivity contribution in [2.45, 2.75) is 57.7 Å². The van der Waals surface area contributed by atoms with Gasteiger partial charge in [-0.25, -0.2) is 0 Å². The maximum absolute atomic E-state index is 12.9. The van der Waals surface area contributed by atoms with Crippen molar-refractivity contribution in [3.63, 3.8) is 0 Å². The zero-order chi connectivity index (χ0) is 18.0. The minimum Gasteiger partial charge on any atom is -0.497 e. The van der Waals surface area contributed by atoms with Gasteiger partial charge in [-0.05, 0) is 51.3 Å². The Morgan fingerprint density at radius 1 is 1.20 bits per heavy atom. The van der Waals surface area contributed by atoms with Gasteiger partial charge in [-0.1, -0.05) is 5.16 Å². The molecule has 0 N–H and O–H groups in total. The van der Waals surface area contributed by atoms with E-state index < -0.39 is 6.10 Å². The van der Waals surface area contributed by atoms with E-state index in [1.165, 1.54) is 6.42 Å². The van der Waals surface area contributed by atoms with Gasteiger partial charge < -0.3 is 19.2 Å². The number of piperidine rings is 1. The molecule has 1 amide bonds. The largest absolute Gasteiger partial charge is 0.497 e. The second-order valence-corrected chi connectivity index (χ2v) is 6.78. The van der Waals surface area contributed by atoms with Crippen LogP contribution in [0.2, 0.25) is 0 Å². The monoisotopic (exact) mass is 346 g/mol. The molecule has 0 aliphatic carbocycles. The first-order valence-electron chi connectivity index (χ1n) is 8.82. The van der Waals surface area contributed by atoms with Crippen molar-refractivity contribution in [3.05, 3.63) is 23.8 Å². The Morgan fingerprint density at radius 2 is 1.92 bits per heavy atom. The van der Waals surface area contributed by atoms with Crippen LogP contribution in [0.4, 0.5) is 0 Å². The van der Waals surface area contributed by atoms with E-state index in [2.05, 4.69) is 19.0 Å². The summed E-state index contributed by atoms with van der Waals surface area (Å²) in [5, 5.41) is 4.17. The Morgan fingerprint density at radius 3 is 2.56 bits per heavy atom. The normalized spacial score (nSPS) is 26.0. The number of rotatable bonds is 4. The Hall–Kier alpha value is -2.24. The molecule has 2 aliphatic heterocycles. The van der Waals surface area contributed by atoms with Crippen LogP contribution >= 0.6 is 0 Å². The Bertz CT molecular complexity index is 663. The molecule has 2 aliphatic rings. The lowest BCUT2D eigenvalue weighted by atomic mass is 9.95. The van der Waals surface area contributed by atoms with E-state index in [-0.39, 0.29) is 18.0 Å². The second kappa shape index (κ2) is 7.33. The average molecular weight is 346 g/mol. The van der Waals surface area contributed by atoms with Gasteiger partial charge in [0.05, 0.1) is 19.9 Å². The maximum atomic E-state index is 12.9. The van der Waals surface area contributed by atoms with Crippen LogP contribution in [0.15, 0.2) is 23.4 Å². The lowest BCUT2D eigenvalue weighted by molar-refractivity contribution is -0.148. The zero-order valence-corrected chi connectivity index (χ0v) is 15.3. The number of hydrogen-bond acceptors (Lipinski definition) is 5. The van der Waals surface area contributed by atoms with Crippen molar-refractivity contribution in [1.82, 2.24) is 4.90 Å². The standard InChI is InChI=1S/C19H26N2O4/c1-12-6-5-7-13(2)21(12)19(22)18-11-16(20-25-18)15-10-14(23-3)8-9-17(15)24-4/h8-10,12-13,18H,5-7,11H2,1-4H3/t12-,13-,18-/m0/s1. The number of ether oxygens (including phenoxy) is 2. The summed E-state index contributed by atoms with van der Waals surface area (Å²) in [4.78, 5) is 20.4. The number of benzene rings is 1. The van der Waals surface area contributed by atoms with Crippen LogP contribution < -0.4 is 9.47 Å². The van der Waals surface area contributed by atoms with Crippen LogP contribution in [0.1, 0.15) is 45.1 Å². The van der Waals surface area contributed by atoms with Gasteiger partial charge in [0.15, 0.2) is 0 Å². The minimum absolute atomic E-state index is 0.0281. The van der Waals surface area contributed by atoms with Gasteiger partial charge in [0.2, 0.25) is 6.10 Å². The van der Waals surface area contributed by atoms with Crippen LogP contribution in [0, 0.1) is 0 Å². The summed E-state index contributed by atoms with van der Waals surface area (Å²) in [6.45, 7) is 4.21. The highest BCUT2D eigenvalue weighted by Crippen LogP contribution is 2.30. The van der Waals surface area contributed by atoms with Crippen LogP contribution in [0.5, 0.6) is 11.5 Å². The number of nitrogens with zero attached hydrogens (tertiary/aromatic N) is 2. The molecule has 1 fully saturated rings. The summed E-state index contributed by atoms with van der Waals surface area (Å²) in [7, 11) is 3.23. The predicted molar refractivity (Wildman–Crippen MR) is 95.2 cm³/mol. The molecule has 1 saturated heterocycles. The third kappa shape index (κ3) is 3.43. The van der Waals surface area contributed by atoms with Crippen molar-refractivity contribution in [1.29, 1.82) is 0 Å². The molecule has 3 atom stereocenters. The Kier molecular flexibility index (Phi) is 5.16. The molecule has 1 aromatic carbocycles. The number of carbonyl (C=O) groups is 1. The second-order valence-electron chi connectivity index (χ2n) is 6.78. The molecule has 2 heterocycles. The highest BCUT2D eigenvalue weighted by Gasteiger charge is 2.38. The lowest BCUT2D eigenvalue weighted by Crippen LogP contribution is -2.51. The molecule has 6 nitrogen and oxygen atoms in total. The third-order valence-corrected chi connectivity index (χ3v) is 5.11. The average Bonchev–Trinajstić information content (AvgIpc) is 3.10. The van der Waals surface area contributed by atoms with Gasteiger partial charge in [-0.15, -0.1) is 0 Å². The molecular weight excluding hydrogens is 320 g/mol. The first-order valence-corrected chi connectivity index (χ1v) is 8.82. The molecule has 3 rings (SSSR count). The van der Waals surface area contributed by atoms with Crippen molar-refractivity contribution < 1.29 is 19.1 Å². The van der Waals surface area contributed by atoms with E-state index >= 15 is 0 Å². The lowest BCUT2D eigenvalue weighted by Gasteiger charge is -2.39. The fourth-order valence-corrected chi connectivity index (χ4v) is 3.73. The van der Waals surface area contributed by atoms with E-state index in [9.17, 15) is 4.79 Å². The van der Waals surface area contributed by atoms with Crippen LogP contribution in [-0.4, -0.2) is 48.9 Å². The molecule has 25 heavy (non-hydrogen) atoms. The summed E-state index contributed by atoms with van der Waals surface area (Å²) >= 11 is 0. The van der Waals surface area contributed by atoms with Crippen molar-refractivity contribution in [2.24, 2.45) is 5.16 Å². The summed E-state index contributed by atoms with van der Waals surface area (Å²) < 4.78 is 10.7. The van der Waals surface area contributed by atoms with Crippen LogP contribution in [0.25, 0.3) is 0 Å². The first kappa shape index (κ1) is 17.6. The van der Waals surface area contributed by atoms with Crippen molar-refractivity contribution >= 4 is 11.6 Å². The van der Waals surface area contributed by atoms with E-state index in [1.807, 2.05) is 23.1 Å². The highest BCUT2D eigenvalue weighted by atomic mass is 16.6. The van der Waals surface area contributed by atoms with Crippen LogP contribution in [0.3, 0.4) is 0 Å². The third-order valence-electron chi connectivity index (χ3n) is 5.11. The SMILES string of the molecule is COc1ccc(OC)c(C2=NO[C@H](C(=O)N3[C@@H](C)CCC[C@@H]3C)C2)c1. The molecule has 0 unspecified atom stereocenters. The molecule has 0 radical (unpaired) electrons. The fourth-order valence-electron chi connectivity index (χ4n) is 3.73. The molecule has 0 saturated carbocycles. The van der Waals surface area contributed by atoms with E-state index in [4.69, 9.17) is 14.3 Å². The molecule has 136 valence electrons. The Labute approximate surface area is 148 Å². The maximum Gasteiger partial charge on any atom is 0.267 e. The van der Waals surface area contributed by atoms with Gasteiger partial charge in [0, 0.05) is 24.1 Å². The molecular formula is C19H26N2O4. The summed E-state index contributed by atoms with van der Waals surface area (Å²) in [6, 6.07) is 6.02. The summed E-state index contributed by atoms with van der Waals surface area (Å²) in [5.41, 5.74) is 1.52. The minimum atomic E-state index is -0.561. The smallest absolute Gasteiger partial charge is 0.267 e. The van der Waals surface area contributed by atoms with E-state index in [0.717, 1.165) is 18.4 Å². The number of carbonyl (C=O) groups excluding carboxylic acids is 1. The molecule has 1 aromatic rings. The van der Waals surface area contributed by atoms with Gasteiger partial charge in [0.1, 0.15) is 11.5 Å². The van der Waals surface area contributed by atoms with Crippen molar-refractivity contribution in [3.8, 4) is 11.5 Å². The van der Waals surface area contributed by atoms with Gasteiger partial charge in [-0.2, -0.15) is 0 Å². The predicted octanol–water partition coefficient (Wildman–Crippen LogP) is 2.99. The van der Waals surface area contributed by atoms with Crippen LogP contribution in [-0.2, 0) is 9.63 Å². The Balaban J connectivity index is 1.76. The number of methoxy groups -OCH3 is 2. The van der Waals surface area contributed by atoms with Gasteiger partial charge >= 0.3 is 0 Å². The number of oxime groups is 1. The highest BCUT2D eigenvalue weighted by molar-refractivity contribution is 6.06. The zero-order valence-electron chi connectivity index (χ0n) is 15.3. The van der Waals surface area contributed by atoms with Gasteiger partial charge in [-0.3, -0.25) is 4.79 Å². The summed E-state index contributed by atoms with van der Waals surface area (Å²) in [5.74, 6) is 1.43. The van der Waals surface area contributed by atoms with E-state index in [1.54, 1.807) is 14.2 Å². The van der Waals surface area contributed by atoms with E-state index in [0.29, 0.717) is 23.6 Å². The number of likely N-dealkylation sites (tertiary alicyclic amines) is 1. The number of hydrogen-bond donors (Lipinski definition) is 0. The molecule has 0 spiro atoms. The van der Waals surface area contributed by atoms with Gasteiger partial charge in [0.25, 0.3) is 5.91 Å². The quantitative estimate of drug-likeness (QED) is 0.841.